The van der Waals surface area contributed by atoms with E-state index in [9.17, 15) is 19.5 Å². The van der Waals surface area contributed by atoms with E-state index in [0.29, 0.717) is 19.4 Å². The third-order valence-corrected chi connectivity index (χ3v) is 6.22. The van der Waals surface area contributed by atoms with Crippen molar-refractivity contribution in [1.82, 2.24) is 10.8 Å². The van der Waals surface area contributed by atoms with Crippen molar-refractivity contribution in [3.05, 3.63) is 108 Å². The van der Waals surface area contributed by atoms with E-state index in [0.717, 1.165) is 23.1 Å². The number of hydroxylamine groups is 1. The number of carbonyl (C=O) groups is 3. The predicted molar refractivity (Wildman–Crippen MR) is 143 cm³/mol. The van der Waals surface area contributed by atoms with Crippen LogP contribution in [0.4, 0.5) is 0 Å². The molecule has 8 nitrogen and oxygen atoms in total. The SMILES string of the molecule is O=C(O)CC(CC(=O)NOC(c1ccccc1)(c1ccccc1)c1ccccc1)C(=O)NCCCCCO. The smallest absolute Gasteiger partial charge is 0.304 e. The zero-order valence-corrected chi connectivity index (χ0v) is 21.2. The molecule has 3 rings (SSSR count). The molecule has 0 heterocycles. The highest BCUT2D eigenvalue weighted by Gasteiger charge is 2.39. The van der Waals surface area contributed by atoms with Crippen molar-refractivity contribution in [1.29, 1.82) is 0 Å². The lowest BCUT2D eigenvalue weighted by Crippen LogP contribution is -2.42. The zero-order valence-electron chi connectivity index (χ0n) is 21.2. The molecule has 2 amide bonds. The number of carbonyl (C=O) groups excluding carboxylic acids is 2. The van der Waals surface area contributed by atoms with E-state index < -0.39 is 35.7 Å². The van der Waals surface area contributed by atoms with Gasteiger partial charge in [-0.1, -0.05) is 91.0 Å². The Kier molecular flexibility index (Phi) is 11.0. The molecular weight excluding hydrogens is 484 g/mol. The van der Waals surface area contributed by atoms with Gasteiger partial charge in [0.25, 0.3) is 0 Å². The molecule has 0 aromatic heterocycles. The Morgan fingerprint density at radius 2 is 1.24 bits per heavy atom. The second kappa shape index (κ2) is 14.7. The monoisotopic (exact) mass is 518 g/mol. The quantitative estimate of drug-likeness (QED) is 0.138. The molecule has 1 unspecified atom stereocenters. The van der Waals surface area contributed by atoms with Crippen LogP contribution in [0.5, 0.6) is 0 Å². The number of hydrogen-bond donors (Lipinski definition) is 4. The average molecular weight is 519 g/mol. The van der Waals surface area contributed by atoms with E-state index in [1.54, 1.807) is 0 Å². The summed E-state index contributed by atoms with van der Waals surface area (Å²) < 4.78 is 0. The van der Waals surface area contributed by atoms with Crippen LogP contribution in [0.1, 0.15) is 48.8 Å². The second-order valence-corrected chi connectivity index (χ2v) is 8.98. The van der Waals surface area contributed by atoms with Crippen LogP contribution in [-0.2, 0) is 24.8 Å². The van der Waals surface area contributed by atoms with Gasteiger partial charge >= 0.3 is 5.97 Å². The Morgan fingerprint density at radius 1 is 0.737 bits per heavy atom. The van der Waals surface area contributed by atoms with Gasteiger partial charge in [-0.2, -0.15) is 0 Å². The highest BCUT2D eigenvalue weighted by molar-refractivity contribution is 5.88. The maximum Gasteiger partial charge on any atom is 0.304 e. The molecule has 0 aliphatic carbocycles. The fourth-order valence-corrected chi connectivity index (χ4v) is 4.33. The first-order valence-corrected chi connectivity index (χ1v) is 12.7. The molecule has 0 aliphatic heterocycles. The number of carboxylic acids is 1. The Balaban J connectivity index is 1.83. The molecule has 0 saturated carbocycles. The van der Waals surface area contributed by atoms with E-state index in [1.807, 2.05) is 91.0 Å². The van der Waals surface area contributed by atoms with Crippen molar-refractivity contribution in [3.8, 4) is 0 Å². The minimum atomic E-state index is -1.20. The summed E-state index contributed by atoms with van der Waals surface area (Å²) in [6.07, 6.45) is 1.16. The van der Waals surface area contributed by atoms with Gasteiger partial charge in [-0.25, -0.2) is 5.48 Å². The molecule has 0 radical (unpaired) electrons. The van der Waals surface area contributed by atoms with Crippen LogP contribution in [0.15, 0.2) is 91.0 Å². The zero-order chi connectivity index (χ0) is 27.2. The number of unbranched alkanes of at least 4 members (excludes halogenated alkanes) is 2. The molecule has 38 heavy (non-hydrogen) atoms. The van der Waals surface area contributed by atoms with Gasteiger partial charge in [-0.05, 0) is 36.0 Å². The molecule has 0 fully saturated rings. The molecule has 0 spiro atoms. The first kappa shape index (κ1) is 28.6. The summed E-state index contributed by atoms with van der Waals surface area (Å²) in [5.74, 6) is -3.36. The minimum Gasteiger partial charge on any atom is -0.481 e. The summed E-state index contributed by atoms with van der Waals surface area (Å²) in [6, 6.07) is 28.4. The molecule has 0 aliphatic rings. The summed E-state index contributed by atoms with van der Waals surface area (Å²) in [5, 5.41) is 20.9. The lowest BCUT2D eigenvalue weighted by Gasteiger charge is -2.35. The summed E-state index contributed by atoms with van der Waals surface area (Å²) in [5.41, 5.74) is 3.66. The van der Waals surface area contributed by atoms with Gasteiger partial charge in [-0.15, -0.1) is 0 Å². The summed E-state index contributed by atoms with van der Waals surface area (Å²) in [7, 11) is 0. The topological polar surface area (TPSA) is 125 Å². The molecule has 8 heteroatoms. The number of amides is 2. The van der Waals surface area contributed by atoms with E-state index in [2.05, 4.69) is 10.8 Å². The third kappa shape index (κ3) is 7.74. The fourth-order valence-electron chi connectivity index (χ4n) is 4.33. The van der Waals surface area contributed by atoms with Gasteiger partial charge in [0.15, 0.2) is 5.60 Å². The number of carboxylic acid groups (broad SMARTS) is 1. The summed E-state index contributed by atoms with van der Waals surface area (Å²) in [6.45, 7) is 0.415. The Bertz CT molecular complexity index is 1060. The van der Waals surface area contributed by atoms with Crippen LogP contribution in [0.3, 0.4) is 0 Å². The molecule has 200 valence electrons. The first-order valence-electron chi connectivity index (χ1n) is 12.7. The summed E-state index contributed by atoms with van der Waals surface area (Å²) in [4.78, 5) is 43.4. The predicted octanol–water partition coefficient (Wildman–Crippen LogP) is 3.79. The van der Waals surface area contributed by atoms with Crippen molar-refractivity contribution in [2.24, 2.45) is 5.92 Å². The summed E-state index contributed by atoms with van der Waals surface area (Å²) >= 11 is 0. The van der Waals surface area contributed by atoms with Crippen molar-refractivity contribution in [2.75, 3.05) is 13.2 Å². The number of benzene rings is 3. The normalized spacial score (nSPS) is 11.9. The van der Waals surface area contributed by atoms with Crippen LogP contribution in [0.25, 0.3) is 0 Å². The van der Waals surface area contributed by atoms with Gasteiger partial charge in [-0.3, -0.25) is 19.2 Å². The van der Waals surface area contributed by atoms with Gasteiger partial charge < -0.3 is 15.5 Å². The van der Waals surface area contributed by atoms with Gasteiger partial charge in [0, 0.05) is 19.6 Å². The van der Waals surface area contributed by atoms with Crippen LogP contribution in [-0.4, -0.2) is 41.1 Å². The van der Waals surface area contributed by atoms with Crippen LogP contribution < -0.4 is 10.8 Å². The lowest BCUT2D eigenvalue weighted by atomic mass is 9.80. The third-order valence-electron chi connectivity index (χ3n) is 6.22. The first-order chi connectivity index (χ1) is 18.5. The Labute approximate surface area is 222 Å². The van der Waals surface area contributed by atoms with Gasteiger partial charge in [0.05, 0.1) is 12.3 Å². The van der Waals surface area contributed by atoms with Gasteiger partial charge in [0.1, 0.15) is 0 Å². The van der Waals surface area contributed by atoms with Crippen LogP contribution in [0.2, 0.25) is 0 Å². The van der Waals surface area contributed by atoms with Crippen molar-refractivity contribution in [3.63, 3.8) is 0 Å². The number of rotatable bonds is 15. The molecule has 3 aromatic carbocycles. The van der Waals surface area contributed by atoms with Crippen molar-refractivity contribution >= 4 is 17.8 Å². The number of hydrogen-bond acceptors (Lipinski definition) is 5. The standard InChI is InChI=1S/C30H34N2O6/c33-20-12-4-11-19-31-29(37)23(22-28(35)36)21-27(34)32-38-30(24-13-5-1-6-14-24,25-15-7-2-8-16-25)26-17-9-3-10-18-26/h1-3,5-10,13-18,23,33H,4,11-12,19-22H2,(H,31,37)(H,32,34)(H,35,36). The van der Waals surface area contributed by atoms with Gasteiger partial charge in [0.2, 0.25) is 11.8 Å². The Hall–Kier alpha value is -4.01. The molecule has 4 N–H and O–H groups in total. The largest absolute Gasteiger partial charge is 0.481 e. The highest BCUT2D eigenvalue weighted by Crippen LogP contribution is 2.39. The maximum absolute atomic E-state index is 13.1. The van der Waals surface area contributed by atoms with Crippen LogP contribution in [0, 0.1) is 5.92 Å². The number of aliphatic hydroxyl groups is 1. The molecule has 0 saturated heterocycles. The molecule has 3 aromatic rings. The van der Waals surface area contributed by atoms with Crippen LogP contribution >= 0.6 is 0 Å². The highest BCUT2D eigenvalue weighted by atomic mass is 16.7. The number of nitrogens with one attached hydrogen (secondary N) is 2. The van der Waals surface area contributed by atoms with Crippen molar-refractivity contribution in [2.45, 2.75) is 37.7 Å². The molecule has 1 atom stereocenters. The fraction of sp³-hybridized carbons (Fsp3) is 0.300. The molecule has 0 bridgehead atoms. The molecular formula is C30H34N2O6. The minimum absolute atomic E-state index is 0.0756. The van der Waals surface area contributed by atoms with E-state index in [-0.39, 0.29) is 13.0 Å². The maximum atomic E-state index is 13.1. The van der Waals surface area contributed by atoms with E-state index in [1.165, 1.54) is 0 Å². The van der Waals surface area contributed by atoms with E-state index in [4.69, 9.17) is 9.94 Å². The van der Waals surface area contributed by atoms with Crippen molar-refractivity contribution < 1.29 is 29.4 Å². The number of aliphatic hydroxyl groups excluding tert-OH is 1. The average Bonchev–Trinajstić information content (AvgIpc) is 2.94. The number of aliphatic carboxylic acids is 1. The van der Waals surface area contributed by atoms with E-state index >= 15 is 0 Å². The Morgan fingerprint density at radius 3 is 1.68 bits per heavy atom. The lowest BCUT2D eigenvalue weighted by molar-refractivity contribution is -0.148. The second-order valence-electron chi connectivity index (χ2n) is 8.98.